The van der Waals surface area contributed by atoms with Gasteiger partial charge in [0.15, 0.2) is 0 Å². The lowest BCUT2D eigenvalue weighted by Crippen LogP contribution is -2.39. The van der Waals surface area contributed by atoms with Crippen LogP contribution in [0.4, 0.5) is 5.69 Å². The summed E-state index contributed by atoms with van der Waals surface area (Å²) in [5, 5.41) is 4.35. The van der Waals surface area contributed by atoms with Crippen LogP contribution in [0.15, 0.2) is 57.2 Å². The first-order valence-electron chi connectivity index (χ1n) is 8.02. The monoisotopic (exact) mass is 450 g/mol. The molecule has 0 fully saturated rings. The first kappa shape index (κ1) is 17.5. The summed E-state index contributed by atoms with van der Waals surface area (Å²) in [5.41, 5.74) is 0.565. The number of benzene rings is 2. The molecule has 26 heavy (non-hydrogen) atoms. The quantitative estimate of drug-likeness (QED) is 0.646. The Kier molecular flexibility index (Phi) is 4.50. The minimum absolute atomic E-state index is 0.218. The summed E-state index contributed by atoms with van der Waals surface area (Å²) >= 11 is 5.03. The third-order valence-electron chi connectivity index (χ3n) is 4.29. The topological polar surface area (TPSA) is 66.5 Å². The van der Waals surface area contributed by atoms with E-state index in [4.69, 9.17) is 0 Å². The Hall–Kier alpha value is -1.90. The number of amides is 1. The van der Waals surface area contributed by atoms with Gasteiger partial charge in [0.1, 0.15) is 6.54 Å². The summed E-state index contributed by atoms with van der Waals surface area (Å²) in [6.45, 7) is 0.251. The molecule has 0 saturated heterocycles. The number of nitrogens with one attached hydrogen (secondary N) is 1. The molecule has 1 N–H and O–H groups in total. The van der Waals surface area contributed by atoms with Gasteiger partial charge in [0.05, 0.1) is 14.4 Å². The molecular weight excluding hydrogens is 436 g/mol. The van der Waals surface area contributed by atoms with Crippen molar-refractivity contribution in [1.29, 1.82) is 0 Å². The molecule has 0 atom stereocenters. The fourth-order valence-corrected chi connectivity index (χ4v) is 6.28. The normalized spacial score (nSPS) is 14.7. The number of hydrogen-bond donors (Lipinski definition) is 1. The Morgan fingerprint density at radius 1 is 1.12 bits per heavy atom. The number of rotatable bonds is 5. The van der Waals surface area contributed by atoms with Gasteiger partial charge in [-0.3, -0.25) is 9.10 Å². The van der Waals surface area contributed by atoms with Gasteiger partial charge >= 0.3 is 0 Å². The van der Waals surface area contributed by atoms with Crippen molar-refractivity contribution in [2.45, 2.75) is 11.3 Å². The summed E-state index contributed by atoms with van der Waals surface area (Å²) < 4.78 is 27.9. The molecule has 0 spiro atoms. The van der Waals surface area contributed by atoms with Crippen LogP contribution in [0.5, 0.6) is 0 Å². The highest BCUT2D eigenvalue weighted by atomic mass is 79.9. The lowest BCUT2D eigenvalue weighted by Gasteiger charge is -2.18. The van der Waals surface area contributed by atoms with Crippen LogP contribution in [-0.4, -0.2) is 27.4 Å². The summed E-state index contributed by atoms with van der Waals surface area (Å²) in [6, 6.07) is 14.6. The second kappa shape index (κ2) is 6.68. The number of carbonyl (C=O) groups is 1. The van der Waals surface area contributed by atoms with E-state index in [9.17, 15) is 13.2 Å². The predicted octanol–water partition coefficient (Wildman–Crippen LogP) is 3.53. The zero-order valence-electron chi connectivity index (χ0n) is 13.6. The van der Waals surface area contributed by atoms with Crippen LogP contribution >= 0.6 is 27.3 Å². The van der Waals surface area contributed by atoms with Gasteiger partial charge in [-0.15, -0.1) is 11.3 Å². The summed E-state index contributed by atoms with van der Waals surface area (Å²) in [4.78, 5) is 13.8. The van der Waals surface area contributed by atoms with E-state index < -0.39 is 10.0 Å². The molecule has 2 heterocycles. The van der Waals surface area contributed by atoms with Crippen LogP contribution in [-0.2, 0) is 21.2 Å². The molecule has 2 aromatic carbocycles. The van der Waals surface area contributed by atoms with Crippen molar-refractivity contribution in [3.8, 4) is 0 Å². The highest BCUT2D eigenvalue weighted by molar-refractivity contribution is 9.11. The van der Waals surface area contributed by atoms with Crippen molar-refractivity contribution in [2.75, 3.05) is 17.4 Å². The van der Waals surface area contributed by atoms with E-state index in [0.717, 1.165) is 14.0 Å². The molecule has 0 saturated carbocycles. The van der Waals surface area contributed by atoms with Crippen molar-refractivity contribution in [1.82, 2.24) is 5.32 Å². The fourth-order valence-electron chi connectivity index (χ4n) is 3.13. The van der Waals surface area contributed by atoms with E-state index in [1.165, 1.54) is 4.31 Å². The van der Waals surface area contributed by atoms with E-state index in [0.29, 0.717) is 24.0 Å². The van der Waals surface area contributed by atoms with E-state index in [1.54, 1.807) is 29.5 Å². The Morgan fingerprint density at radius 3 is 2.62 bits per heavy atom. The van der Waals surface area contributed by atoms with Crippen LogP contribution in [0.1, 0.15) is 4.88 Å². The number of hydrogen-bond acceptors (Lipinski definition) is 4. The largest absolute Gasteiger partial charge is 0.354 e. The van der Waals surface area contributed by atoms with Crippen LogP contribution < -0.4 is 9.62 Å². The number of nitrogens with zero attached hydrogens (tertiary/aromatic N) is 1. The predicted molar refractivity (Wildman–Crippen MR) is 107 cm³/mol. The third-order valence-corrected chi connectivity index (χ3v) is 7.78. The maximum Gasteiger partial charge on any atom is 0.265 e. The highest BCUT2D eigenvalue weighted by Gasteiger charge is 2.36. The molecule has 1 aliphatic heterocycles. The van der Waals surface area contributed by atoms with Crippen molar-refractivity contribution in [3.63, 3.8) is 0 Å². The lowest BCUT2D eigenvalue weighted by molar-refractivity contribution is -0.119. The van der Waals surface area contributed by atoms with Gasteiger partial charge in [-0.05, 0) is 52.0 Å². The van der Waals surface area contributed by atoms with Crippen molar-refractivity contribution in [2.24, 2.45) is 0 Å². The van der Waals surface area contributed by atoms with Crippen molar-refractivity contribution in [3.05, 3.63) is 57.2 Å². The number of thiophene rings is 1. The molecule has 0 aliphatic carbocycles. The maximum absolute atomic E-state index is 12.8. The summed E-state index contributed by atoms with van der Waals surface area (Å²) in [6.07, 6.45) is 0.713. The van der Waals surface area contributed by atoms with Crippen molar-refractivity contribution >= 4 is 59.7 Å². The molecular formula is C18H15BrN2O3S2. The Morgan fingerprint density at radius 2 is 1.88 bits per heavy atom. The van der Waals surface area contributed by atoms with E-state index in [-0.39, 0.29) is 17.3 Å². The maximum atomic E-state index is 12.8. The standard InChI is InChI=1S/C18H15BrN2O3S2/c19-16-8-7-13(25-16)9-10-20-17(22)11-21-14-5-1-3-12-4-2-6-15(18(12)14)26(21,23)24/h1-8H,9-11H2,(H,20,22). The molecule has 5 nitrogen and oxygen atoms in total. The van der Waals surface area contributed by atoms with E-state index >= 15 is 0 Å². The zero-order valence-corrected chi connectivity index (χ0v) is 16.8. The molecule has 3 aromatic rings. The first-order valence-corrected chi connectivity index (χ1v) is 11.1. The number of halogens is 1. The van der Waals surface area contributed by atoms with Crippen LogP contribution in [0.25, 0.3) is 10.8 Å². The molecule has 8 heteroatoms. The SMILES string of the molecule is O=C(CN1c2cccc3cccc(c23)S1(=O)=O)NCCc1ccc(Br)s1. The van der Waals surface area contributed by atoms with E-state index in [2.05, 4.69) is 21.2 Å². The second-order valence-electron chi connectivity index (χ2n) is 5.95. The van der Waals surface area contributed by atoms with Crippen LogP contribution in [0.3, 0.4) is 0 Å². The second-order valence-corrected chi connectivity index (χ2v) is 10.3. The number of anilines is 1. The molecule has 134 valence electrons. The molecule has 0 unspecified atom stereocenters. The molecule has 1 aliphatic rings. The molecule has 4 rings (SSSR count). The number of carbonyl (C=O) groups excluding carboxylic acids is 1. The minimum atomic E-state index is -3.70. The molecule has 1 aromatic heterocycles. The first-order chi connectivity index (χ1) is 12.5. The van der Waals surface area contributed by atoms with Gasteiger partial charge in [-0.1, -0.05) is 24.3 Å². The average Bonchev–Trinajstić information content (AvgIpc) is 3.11. The summed E-state index contributed by atoms with van der Waals surface area (Å²) in [5.74, 6) is -0.311. The van der Waals surface area contributed by atoms with Gasteiger partial charge < -0.3 is 5.32 Å². The molecule has 0 radical (unpaired) electrons. The third kappa shape index (κ3) is 3.02. The Bertz CT molecular complexity index is 1100. The average molecular weight is 451 g/mol. The number of sulfonamides is 1. The molecule has 0 bridgehead atoms. The summed E-state index contributed by atoms with van der Waals surface area (Å²) in [7, 11) is -3.70. The molecule has 1 amide bonds. The van der Waals surface area contributed by atoms with Gasteiger partial charge in [0, 0.05) is 16.8 Å². The van der Waals surface area contributed by atoms with Gasteiger partial charge in [0.2, 0.25) is 5.91 Å². The fraction of sp³-hybridized carbons (Fsp3) is 0.167. The van der Waals surface area contributed by atoms with Crippen molar-refractivity contribution < 1.29 is 13.2 Å². The van der Waals surface area contributed by atoms with Gasteiger partial charge in [-0.25, -0.2) is 8.42 Å². The lowest BCUT2D eigenvalue weighted by atomic mass is 10.1. The minimum Gasteiger partial charge on any atom is -0.354 e. The highest BCUT2D eigenvalue weighted by Crippen LogP contribution is 2.41. The Balaban J connectivity index is 1.50. The van der Waals surface area contributed by atoms with Gasteiger partial charge in [0.25, 0.3) is 10.0 Å². The zero-order chi connectivity index (χ0) is 18.3. The van der Waals surface area contributed by atoms with Crippen LogP contribution in [0.2, 0.25) is 0 Å². The smallest absolute Gasteiger partial charge is 0.265 e. The Labute approximate surface area is 163 Å². The van der Waals surface area contributed by atoms with Gasteiger partial charge in [-0.2, -0.15) is 0 Å². The van der Waals surface area contributed by atoms with Crippen LogP contribution in [0, 0.1) is 0 Å². The van der Waals surface area contributed by atoms with E-state index in [1.807, 2.05) is 30.3 Å².